The van der Waals surface area contributed by atoms with Crippen LogP contribution in [0, 0.1) is 0 Å². The van der Waals surface area contributed by atoms with Crippen molar-refractivity contribution in [1.29, 1.82) is 0 Å². The molecule has 0 spiro atoms. The van der Waals surface area contributed by atoms with Crippen LogP contribution in [0.2, 0.25) is 0 Å². The Balaban J connectivity index is 2.42. The number of fused-ring (bicyclic) bond motifs is 1. The summed E-state index contributed by atoms with van der Waals surface area (Å²) in [6.45, 7) is 3.40. The quantitative estimate of drug-likeness (QED) is 0.883. The number of aromatic nitrogens is 3. The van der Waals surface area contributed by atoms with Gasteiger partial charge in [0.15, 0.2) is 5.69 Å². The summed E-state index contributed by atoms with van der Waals surface area (Å²) < 4.78 is 39.0. The van der Waals surface area contributed by atoms with Crippen molar-refractivity contribution in [2.75, 3.05) is 0 Å². The molecular weight excluding hydrogens is 279 g/mol. The Kier molecular flexibility index (Phi) is 3.73. The third kappa shape index (κ3) is 3.01. The van der Waals surface area contributed by atoms with Crippen molar-refractivity contribution >= 4 is 17.3 Å². The van der Waals surface area contributed by atoms with Crippen molar-refractivity contribution in [3.05, 3.63) is 24.2 Å². The van der Waals surface area contributed by atoms with Gasteiger partial charge in [0.05, 0.1) is 11.6 Å². The van der Waals surface area contributed by atoms with Crippen molar-refractivity contribution in [2.45, 2.75) is 36.4 Å². The highest BCUT2D eigenvalue weighted by Gasteiger charge is 2.34. The van der Waals surface area contributed by atoms with Crippen molar-refractivity contribution in [2.24, 2.45) is 0 Å². The summed E-state index contributed by atoms with van der Waals surface area (Å²) in [6.07, 6.45) is -2.32. The smallest absolute Gasteiger partial charge is 0.392 e. The van der Waals surface area contributed by atoms with Crippen LogP contribution in [0.3, 0.4) is 0 Å². The number of halogens is 3. The van der Waals surface area contributed by atoms with Gasteiger partial charge in [0.1, 0.15) is 5.03 Å². The SMILES string of the molecule is CC(O)C(C)Sc1nccn2nc(C(F)(F)F)cc12. The number of aliphatic hydroxyl groups is 1. The first kappa shape index (κ1) is 14.1. The first-order chi connectivity index (χ1) is 8.79. The lowest BCUT2D eigenvalue weighted by Crippen LogP contribution is -2.15. The van der Waals surface area contributed by atoms with Crippen molar-refractivity contribution in [3.63, 3.8) is 0 Å². The fourth-order valence-electron chi connectivity index (χ4n) is 1.40. The second-order valence-electron chi connectivity index (χ2n) is 4.15. The van der Waals surface area contributed by atoms with Crippen molar-refractivity contribution in [1.82, 2.24) is 14.6 Å². The lowest BCUT2D eigenvalue weighted by Gasteiger charge is -2.13. The molecule has 0 aliphatic heterocycles. The van der Waals surface area contributed by atoms with E-state index in [4.69, 9.17) is 0 Å². The molecule has 2 aromatic heterocycles. The molecule has 0 aliphatic carbocycles. The molecule has 0 bridgehead atoms. The summed E-state index contributed by atoms with van der Waals surface area (Å²) in [5, 5.41) is 13.1. The summed E-state index contributed by atoms with van der Waals surface area (Å²) in [5.41, 5.74) is -0.667. The Hall–Kier alpha value is -1.28. The number of alkyl halides is 3. The maximum atomic E-state index is 12.6. The molecule has 104 valence electrons. The highest BCUT2D eigenvalue weighted by Crippen LogP contribution is 2.32. The molecule has 2 unspecified atom stereocenters. The van der Waals surface area contributed by atoms with E-state index in [9.17, 15) is 18.3 Å². The Morgan fingerprint density at radius 1 is 1.37 bits per heavy atom. The van der Waals surface area contributed by atoms with E-state index in [0.717, 1.165) is 10.6 Å². The molecular formula is C11H12F3N3OS. The van der Waals surface area contributed by atoms with Crippen LogP contribution in [0.25, 0.3) is 5.52 Å². The first-order valence-electron chi connectivity index (χ1n) is 5.55. The average Bonchev–Trinajstić information content (AvgIpc) is 2.73. The van der Waals surface area contributed by atoms with Gasteiger partial charge in [0, 0.05) is 17.6 Å². The zero-order valence-electron chi connectivity index (χ0n) is 10.2. The summed E-state index contributed by atoms with van der Waals surface area (Å²) >= 11 is 1.22. The molecule has 0 saturated heterocycles. The largest absolute Gasteiger partial charge is 0.435 e. The second-order valence-corrected chi connectivity index (χ2v) is 5.52. The minimum atomic E-state index is -4.48. The Bertz CT molecular complexity index is 582. The second kappa shape index (κ2) is 5.01. The maximum Gasteiger partial charge on any atom is 0.435 e. The van der Waals surface area contributed by atoms with Crippen LogP contribution in [-0.4, -0.2) is 31.1 Å². The van der Waals surface area contributed by atoms with Gasteiger partial charge in [-0.3, -0.25) is 0 Å². The molecule has 1 N–H and O–H groups in total. The van der Waals surface area contributed by atoms with Gasteiger partial charge >= 0.3 is 6.18 Å². The minimum absolute atomic E-state index is 0.178. The molecule has 0 radical (unpaired) electrons. The number of rotatable bonds is 3. The van der Waals surface area contributed by atoms with E-state index in [-0.39, 0.29) is 10.8 Å². The van der Waals surface area contributed by atoms with E-state index in [0.29, 0.717) is 5.03 Å². The predicted octanol–water partition coefficient (Wildman–Crippen LogP) is 2.61. The minimum Gasteiger partial charge on any atom is -0.392 e. The maximum absolute atomic E-state index is 12.6. The molecule has 0 fully saturated rings. The van der Waals surface area contributed by atoms with Gasteiger partial charge in [0.2, 0.25) is 0 Å². The normalized spacial score (nSPS) is 15.7. The standard InChI is InChI=1S/C11H12F3N3OS/c1-6(18)7(2)19-10-8-5-9(11(12,13)14)16-17(8)4-3-15-10/h3-7,18H,1-2H3. The van der Waals surface area contributed by atoms with Gasteiger partial charge in [0.25, 0.3) is 0 Å². The van der Waals surface area contributed by atoms with Crippen LogP contribution in [0.1, 0.15) is 19.5 Å². The predicted molar refractivity (Wildman–Crippen MR) is 65.0 cm³/mol. The Morgan fingerprint density at radius 2 is 2.05 bits per heavy atom. The summed E-state index contributed by atoms with van der Waals surface area (Å²) in [7, 11) is 0. The Labute approximate surface area is 111 Å². The van der Waals surface area contributed by atoms with Crippen LogP contribution >= 0.6 is 11.8 Å². The fourth-order valence-corrected chi connectivity index (χ4v) is 2.35. The first-order valence-corrected chi connectivity index (χ1v) is 6.43. The number of nitrogens with zero attached hydrogens (tertiary/aromatic N) is 3. The fraction of sp³-hybridized carbons (Fsp3) is 0.455. The van der Waals surface area contributed by atoms with Crippen molar-refractivity contribution < 1.29 is 18.3 Å². The monoisotopic (exact) mass is 291 g/mol. The van der Waals surface area contributed by atoms with Gasteiger partial charge in [-0.25, -0.2) is 9.50 Å². The van der Waals surface area contributed by atoms with Crippen LogP contribution in [0.5, 0.6) is 0 Å². The Morgan fingerprint density at radius 3 is 2.63 bits per heavy atom. The van der Waals surface area contributed by atoms with Crippen LogP contribution < -0.4 is 0 Å². The van der Waals surface area contributed by atoms with Gasteiger partial charge in [-0.2, -0.15) is 18.3 Å². The lowest BCUT2D eigenvalue weighted by molar-refractivity contribution is -0.141. The number of hydrogen-bond acceptors (Lipinski definition) is 4. The lowest BCUT2D eigenvalue weighted by atomic mass is 10.3. The van der Waals surface area contributed by atoms with Crippen LogP contribution in [-0.2, 0) is 6.18 Å². The number of thioether (sulfide) groups is 1. The third-order valence-electron chi connectivity index (χ3n) is 2.62. The highest BCUT2D eigenvalue weighted by atomic mass is 32.2. The molecule has 2 heterocycles. The van der Waals surface area contributed by atoms with E-state index in [2.05, 4.69) is 10.1 Å². The van der Waals surface area contributed by atoms with Gasteiger partial charge in [-0.1, -0.05) is 18.7 Å². The third-order valence-corrected chi connectivity index (χ3v) is 3.93. The van der Waals surface area contributed by atoms with E-state index in [1.165, 1.54) is 24.2 Å². The van der Waals surface area contributed by atoms with Gasteiger partial charge < -0.3 is 5.11 Å². The number of aliphatic hydroxyl groups excluding tert-OH is 1. The molecule has 0 aliphatic rings. The van der Waals surface area contributed by atoms with E-state index in [1.807, 2.05) is 0 Å². The summed E-state index contributed by atoms with van der Waals surface area (Å²) in [4.78, 5) is 4.05. The highest BCUT2D eigenvalue weighted by molar-refractivity contribution is 8.00. The summed E-state index contributed by atoms with van der Waals surface area (Å²) in [5.74, 6) is 0. The van der Waals surface area contributed by atoms with Crippen LogP contribution in [0.4, 0.5) is 13.2 Å². The molecule has 2 atom stereocenters. The molecule has 0 amide bonds. The molecule has 2 aromatic rings. The molecule has 4 nitrogen and oxygen atoms in total. The molecule has 19 heavy (non-hydrogen) atoms. The van der Waals surface area contributed by atoms with E-state index in [1.54, 1.807) is 13.8 Å². The molecule has 2 rings (SSSR count). The molecule has 8 heteroatoms. The van der Waals surface area contributed by atoms with E-state index >= 15 is 0 Å². The van der Waals surface area contributed by atoms with Gasteiger partial charge in [-0.15, -0.1) is 0 Å². The van der Waals surface area contributed by atoms with E-state index < -0.39 is 18.0 Å². The molecule has 0 aromatic carbocycles. The zero-order chi connectivity index (χ0) is 14.2. The van der Waals surface area contributed by atoms with Crippen LogP contribution in [0.15, 0.2) is 23.5 Å². The topological polar surface area (TPSA) is 50.4 Å². The molecule has 0 saturated carbocycles. The van der Waals surface area contributed by atoms with Gasteiger partial charge in [-0.05, 0) is 13.0 Å². The summed E-state index contributed by atoms with van der Waals surface area (Å²) in [6, 6.07) is 0.962. The average molecular weight is 291 g/mol. The number of hydrogen-bond donors (Lipinski definition) is 1. The van der Waals surface area contributed by atoms with Crippen molar-refractivity contribution in [3.8, 4) is 0 Å². The zero-order valence-corrected chi connectivity index (χ0v) is 11.0.